The van der Waals surface area contributed by atoms with E-state index in [9.17, 15) is 13.2 Å². The Labute approximate surface area is 125 Å². The quantitative estimate of drug-likeness (QED) is 0.737. The summed E-state index contributed by atoms with van der Waals surface area (Å²) in [5, 5.41) is 8.97. The predicted octanol–water partition coefficient (Wildman–Crippen LogP) is 1.16. The average molecular weight is 315 g/mol. The molecule has 0 aliphatic carbocycles. The zero-order valence-corrected chi connectivity index (χ0v) is 13.5. The Kier molecular flexibility index (Phi) is 5.88. The lowest BCUT2D eigenvalue weighted by molar-refractivity contribution is -0.136. The second-order valence-electron chi connectivity index (χ2n) is 4.90. The molecule has 1 rings (SSSR count). The van der Waals surface area contributed by atoms with Crippen LogP contribution < -0.4 is 4.72 Å². The molecule has 0 bridgehead atoms. The van der Waals surface area contributed by atoms with E-state index in [4.69, 9.17) is 9.84 Å². The van der Waals surface area contributed by atoms with E-state index in [0.29, 0.717) is 16.7 Å². The van der Waals surface area contributed by atoms with Gasteiger partial charge in [0.1, 0.15) is 0 Å². The molecule has 0 aliphatic rings. The Balaban J connectivity index is 3.32. The van der Waals surface area contributed by atoms with Gasteiger partial charge in [-0.25, -0.2) is 13.1 Å². The van der Waals surface area contributed by atoms with Crippen molar-refractivity contribution < 1.29 is 23.1 Å². The van der Waals surface area contributed by atoms with Crippen LogP contribution in [0, 0.1) is 20.8 Å². The first-order valence-electron chi connectivity index (χ1n) is 6.50. The molecule has 0 atom stereocenters. The number of methoxy groups -OCH3 is 1. The molecule has 1 aromatic carbocycles. The predicted molar refractivity (Wildman–Crippen MR) is 79.1 cm³/mol. The third kappa shape index (κ3) is 4.26. The van der Waals surface area contributed by atoms with Gasteiger partial charge in [-0.15, -0.1) is 0 Å². The van der Waals surface area contributed by atoms with E-state index in [1.165, 1.54) is 7.11 Å². The molecule has 0 unspecified atom stereocenters. The topological polar surface area (TPSA) is 92.7 Å². The van der Waals surface area contributed by atoms with E-state index < -0.39 is 16.0 Å². The number of sulfonamides is 1. The Hall–Kier alpha value is -1.44. The number of carboxylic acid groups (broad SMARTS) is 1. The Bertz CT molecular complexity index is 637. The molecule has 118 valence electrons. The number of rotatable bonds is 7. The van der Waals surface area contributed by atoms with Crippen molar-refractivity contribution in [3.63, 3.8) is 0 Å². The lowest BCUT2D eigenvalue weighted by Gasteiger charge is -2.17. The second-order valence-corrected chi connectivity index (χ2v) is 6.61. The maximum absolute atomic E-state index is 12.4. The van der Waals surface area contributed by atoms with Crippen LogP contribution in [-0.2, 0) is 26.0 Å². The molecule has 0 fully saturated rings. The molecule has 0 spiro atoms. The number of aliphatic carboxylic acids is 1. The van der Waals surface area contributed by atoms with Gasteiger partial charge in [0.15, 0.2) is 0 Å². The van der Waals surface area contributed by atoms with Gasteiger partial charge in [-0.2, -0.15) is 0 Å². The molecule has 0 aromatic heterocycles. The van der Waals surface area contributed by atoms with Crippen LogP contribution in [0.3, 0.4) is 0 Å². The first-order valence-corrected chi connectivity index (χ1v) is 7.99. The summed E-state index contributed by atoms with van der Waals surface area (Å²) in [6, 6.07) is 1.70. The largest absolute Gasteiger partial charge is 0.481 e. The van der Waals surface area contributed by atoms with E-state index in [-0.39, 0.29) is 24.5 Å². The smallest absolute Gasteiger partial charge is 0.307 e. The standard InChI is InChI=1S/C14H21NO5S/c1-9-7-10(2)14(11(3)12(9)8-13(16)17)21(18,19)15-5-6-20-4/h7,15H,5-6,8H2,1-4H3,(H,16,17). The number of benzene rings is 1. The van der Waals surface area contributed by atoms with Gasteiger partial charge < -0.3 is 9.84 Å². The Morgan fingerprint density at radius 2 is 1.90 bits per heavy atom. The van der Waals surface area contributed by atoms with Crippen molar-refractivity contribution in [2.24, 2.45) is 0 Å². The maximum atomic E-state index is 12.4. The highest BCUT2D eigenvalue weighted by atomic mass is 32.2. The highest BCUT2D eigenvalue weighted by molar-refractivity contribution is 7.89. The second kappa shape index (κ2) is 7.02. The number of nitrogens with one attached hydrogen (secondary N) is 1. The van der Waals surface area contributed by atoms with Crippen molar-refractivity contribution in [2.45, 2.75) is 32.1 Å². The number of carboxylic acids is 1. The molecule has 2 N–H and O–H groups in total. The monoisotopic (exact) mass is 315 g/mol. The van der Waals surface area contributed by atoms with Gasteiger partial charge in [-0.3, -0.25) is 4.79 Å². The van der Waals surface area contributed by atoms with Crippen LogP contribution in [0.2, 0.25) is 0 Å². The summed E-state index contributed by atoms with van der Waals surface area (Å²) < 4.78 is 32.0. The third-order valence-corrected chi connectivity index (χ3v) is 5.01. The minimum atomic E-state index is -3.69. The normalized spacial score (nSPS) is 11.6. The third-order valence-electron chi connectivity index (χ3n) is 3.26. The van der Waals surface area contributed by atoms with Gasteiger partial charge in [0.05, 0.1) is 17.9 Å². The van der Waals surface area contributed by atoms with Crippen molar-refractivity contribution in [3.05, 3.63) is 28.3 Å². The molecule has 7 heteroatoms. The van der Waals surface area contributed by atoms with E-state index in [2.05, 4.69) is 4.72 Å². The van der Waals surface area contributed by atoms with E-state index in [0.717, 1.165) is 5.56 Å². The number of hydrogen-bond acceptors (Lipinski definition) is 4. The van der Waals surface area contributed by atoms with Gasteiger partial charge in [-0.05, 0) is 43.0 Å². The summed E-state index contributed by atoms with van der Waals surface area (Å²) in [6.07, 6.45) is -0.196. The van der Waals surface area contributed by atoms with Crippen molar-refractivity contribution >= 4 is 16.0 Å². The highest BCUT2D eigenvalue weighted by Gasteiger charge is 2.23. The minimum absolute atomic E-state index is 0.153. The first kappa shape index (κ1) is 17.6. The van der Waals surface area contributed by atoms with Crippen LogP contribution in [0.5, 0.6) is 0 Å². The van der Waals surface area contributed by atoms with E-state index >= 15 is 0 Å². The lowest BCUT2D eigenvalue weighted by atomic mass is 9.97. The van der Waals surface area contributed by atoms with Crippen LogP contribution >= 0.6 is 0 Å². The highest BCUT2D eigenvalue weighted by Crippen LogP contribution is 2.26. The molecule has 0 saturated carbocycles. The molecule has 6 nitrogen and oxygen atoms in total. The van der Waals surface area contributed by atoms with Crippen LogP contribution in [0.25, 0.3) is 0 Å². The minimum Gasteiger partial charge on any atom is -0.481 e. The number of carbonyl (C=O) groups is 1. The van der Waals surface area contributed by atoms with Crippen molar-refractivity contribution in [1.29, 1.82) is 0 Å². The van der Waals surface area contributed by atoms with Crippen molar-refractivity contribution in [1.82, 2.24) is 4.72 Å². The van der Waals surface area contributed by atoms with Crippen molar-refractivity contribution in [2.75, 3.05) is 20.3 Å². The summed E-state index contributed by atoms with van der Waals surface area (Å²) >= 11 is 0. The summed E-state index contributed by atoms with van der Waals surface area (Å²) in [4.78, 5) is 11.1. The van der Waals surface area contributed by atoms with Gasteiger partial charge in [0, 0.05) is 13.7 Å². The Morgan fingerprint density at radius 3 is 2.43 bits per heavy atom. The molecule has 0 saturated heterocycles. The van der Waals surface area contributed by atoms with E-state index in [1.807, 2.05) is 0 Å². The fourth-order valence-corrected chi connectivity index (χ4v) is 3.90. The maximum Gasteiger partial charge on any atom is 0.307 e. The summed E-state index contributed by atoms with van der Waals surface area (Å²) in [5.41, 5.74) is 2.41. The molecular weight excluding hydrogens is 294 g/mol. The SMILES string of the molecule is COCCNS(=O)(=O)c1c(C)cc(C)c(CC(=O)O)c1C. The van der Waals surface area contributed by atoms with Gasteiger partial charge in [0.25, 0.3) is 0 Å². The van der Waals surface area contributed by atoms with Gasteiger partial charge in [0.2, 0.25) is 10.0 Å². The number of aryl methyl sites for hydroxylation is 2. The fourth-order valence-electron chi connectivity index (χ4n) is 2.39. The molecular formula is C14H21NO5S. The molecule has 0 aliphatic heterocycles. The molecule has 1 aromatic rings. The van der Waals surface area contributed by atoms with E-state index in [1.54, 1.807) is 26.8 Å². The fraction of sp³-hybridized carbons (Fsp3) is 0.500. The van der Waals surface area contributed by atoms with Crippen LogP contribution in [0.4, 0.5) is 0 Å². The molecule has 0 heterocycles. The van der Waals surface area contributed by atoms with Crippen LogP contribution in [0.15, 0.2) is 11.0 Å². The number of hydrogen-bond donors (Lipinski definition) is 2. The summed E-state index contributed by atoms with van der Waals surface area (Å²) in [7, 11) is -2.20. The molecule has 0 amide bonds. The Morgan fingerprint density at radius 1 is 1.29 bits per heavy atom. The number of ether oxygens (including phenoxy) is 1. The summed E-state index contributed by atoms with van der Waals surface area (Å²) in [6.45, 7) is 5.57. The zero-order chi connectivity index (χ0) is 16.2. The van der Waals surface area contributed by atoms with Gasteiger partial charge >= 0.3 is 5.97 Å². The molecule has 21 heavy (non-hydrogen) atoms. The average Bonchev–Trinajstić information content (AvgIpc) is 2.33. The molecule has 0 radical (unpaired) electrons. The first-order chi connectivity index (χ1) is 9.70. The summed E-state index contributed by atoms with van der Waals surface area (Å²) in [5.74, 6) is -0.985. The van der Waals surface area contributed by atoms with Crippen molar-refractivity contribution in [3.8, 4) is 0 Å². The lowest BCUT2D eigenvalue weighted by Crippen LogP contribution is -2.29. The van der Waals surface area contributed by atoms with Gasteiger partial charge in [-0.1, -0.05) is 6.07 Å². The van der Waals surface area contributed by atoms with Crippen LogP contribution in [0.1, 0.15) is 22.3 Å². The zero-order valence-electron chi connectivity index (χ0n) is 12.7. The van der Waals surface area contributed by atoms with Crippen LogP contribution in [-0.4, -0.2) is 39.8 Å².